The third-order valence-corrected chi connectivity index (χ3v) is 3.94. The Balaban J connectivity index is 1.80. The molecule has 0 unspecified atom stereocenters. The van der Waals surface area contributed by atoms with E-state index < -0.39 is 0 Å². The summed E-state index contributed by atoms with van der Waals surface area (Å²) in [4.78, 5) is 37.0. The van der Waals surface area contributed by atoms with Gasteiger partial charge in [0.2, 0.25) is 0 Å². The number of rotatable bonds is 8. The molecule has 1 heterocycles. The lowest BCUT2D eigenvalue weighted by atomic mass is 10.1. The summed E-state index contributed by atoms with van der Waals surface area (Å²) in [6.45, 7) is 4.80. The van der Waals surface area contributed by atoms with Crippen molar-refractivity contribution in [3.8, 4) is 0 Å². The van der Waals surface area contributed by atoms with Crippen LogP contribution in [-0.2, 0) is 4.74 Å². The number of hydrogen-bond acceptors (Lipinski definition) is 4. The molecule has 2 rings (SSSR count). The molecule has 1 saturated heterocycles. The van der Waals surface area contributed by atoms with Crippen molar-refractivity contribution in [1.82, 2.24) is 20.9 Å². The molecule has 9 nitrogen and oxygen atoms in total. The number of nitrogens with zero attached hydrogens (tertiary/aromatic N) is 1. The van der Waals surface area contributed by atoms with Crippen molar-refractivity contribution in [3.63, 3.8) is 0 Å². The van der Waals surface area contributed by atoms with Crippen LogP contribution in [0.15, 0.2) is 18.2 Å². The Morgan fingerprint density at radius 1 is 1.27 bits per heavy atom. The molecular formula is C17H25N5O4. The molecule has 26 heavy (non-hydrogen) atoms. The van der Waals surface area contributed by atoms with Gasteiger partial charge in [0.25, 0.3) is 5.91 Å². The van der Waals surface area contributed by atoms with Crippen LogP contribution in [0.4, 0.5) is 15.3 Å². The van der Waals surface area contributed by atoms with Gasteiger partial charge in [0, 0.05) is 51.1 Å². The Morgan fingerprint density at radius 3 is 2.73 bits per heavy atom. The molecule has 9 heteroatoms. The third kappa shape index (κ3) is 5.62. The first-order valence-electron chi connectivity index (χ1n) is 8.46. The van der Waals surface area contributed by atoms with Crippen LogP contribution in [0.2, 0.25) is 0 Å². The normalized spacial score (nSPS) is 13.3. The van der Waals surface area contributed by atoms with Gasteiger partial charge in [-0.25, -0.2) is 9.59 Å². The molecular weight excluding hydrogens is 338 g/mol. The van der Waals surface area contributed by atoms with Crippen LogP contribution in [0.1, 0.15) is 15.9 Å². The summed E-state index contributed by atoms with van der Waals surface area (Å²) in [6, 6.07) is 4.59. The van der Waals surface area contributed by atoms with Gasteiger partial charge in [0.05, 0.1) is 6.61 Å². The maximum Gasteiger partial charge on any atom is 0.319 e. The standard InChI is InChI=1S/C17H25N5O4/c1-12-11-13(15(23)18-7-10-26-2)3-4-14(12)21-16(24)19-5-8-22-9-6-20-17(22)25/h3-4,11H,5-10H2,1-2H3,(H,18,23)(H,20,25)(H2,19,21,24). The molecule has 1 aromatic rings. The van der Waals surface area contributed by atoms with Crippen LogP contribution in [0.3, 0.4) is 0 Å². The molecule has 0 bridgehead atoms. The lowest BCUT2D eigenvalue weighted by Gasteiger charge is -2.15. The van der Waals surface area contributed by atoms with Crippen LogP contribution in [0.25, 0.3) is 0 Å². The third-order valence-electron chi connectivity index (χ3n) is 3.94. The zero-order valence-electron chi connectivity index (χ0n) is 15.1. The smallest absolute Gasteiger partial charge is 0.319 e. The number of methoxy groups -OCH3 is 1. The van der Waals surface area contributed by atoms with E-state index >= 15 is 0 Å². The summed E-state index contributed by atoms with van der Waals surface area (Å²) in [7, 11) is 1.57. The second kappa shape index (κ2) is 9.62. The highest BCUT2D eigenvalue weighted by Crippen LogP contribution is 2.16. The summed E-state index contributed by atoms with van der Waals surface area (Å²) < 4.78 is 4.89. The van der Waals surface area contributed by atoms with Crippen LogP contribution in [0, 0.1) is 6.92 Å². The topological polar surface area (TPSA) is 112 Å². The Kier molecular flexibility index (Phi) is 7.22. The lowest BCUT2D eigenvalue weighted by molar-refractivity contribution is 0.0937. The van der Waals surface area contributed by atoms with Crippen LogP contribution in [0.5, 0.6) is 0 Å². The molecule has 0 aromatic heterocycles. The average molecular weight is 363 g/mol. The van der Waals surface area contributed by atoms with Gasteiger partial charge >= 0.3 is 12.1 Å². The van der Waals surface area contributed by atoms with E-state index in [1.165, 1.54) is 0 Å². The number of amides is 5. The highest BCUT2D eigenvalue weighted by atomic mass is 16.5. The van der Waals surface area contributed by atoms with Gasteiger partial charge in [-0.2, -0.15) is 0 Å². The quantitative estimate of drug-likeness (QED) is 0.505. The van der Waals surface area contributed by atoms with Crippen LogP contribution in [-0.4, -0.2) is 69.3 Å². The fourth-order valence-corrected chi connectivity index (χ4v) is 2.51. The van der Waals surface area contributed by atoms with Crippen molar-refractivity contribution in [1.29, 1.82) is 0 Å². The molecule has 1 fully saturated rings. The van der Waals surface area contributed by atoms with Crippen molar-refractivity contribution >= 4 is 23.7 Å². The van der Waals surface area contributed by atoms with E-state index in [1.54, 1.807) is 30.2 Å². The van der Waals surface area contributed by atoms with E-state index in [2.05, 4.69) is 21.3 Å². The number of carbonyl (C=O) groups excluding carboxylic acids is 3. The number of hydrogen-bond donors (Lipinski definition) is 4. The highest BCUT2D eigenvalue weighted by molar-refractivity contribution is 5.96. The molecule has 0 spiro atoms. The first kappa shape index (κ1) is 19.5. The number of nitrogens with one attached hydrogen (secondary N) is 4. The second-order valence-corrected chi connectivity index (χ2v) is 5.88. The Labute approximate surface area is 152 Å². The molecule has 0 atom stereocenters. The largest absolute Gasteiger partial charge is 0.383 e. The molecule has 4 N–H and O–H groups in total. The number of ether oxygens (including phenoxy) is 1. The SMILES string of the molecule is COCCNC(=O)c1ccc(NC(=O)NCCN2CCNC2=O)c(C)c1. The van der Waals surface area contributed by atoms with E-state index in [1.807, 2.05) is 6.92 Å². The average Bonchev–Trinajstić information content (AvgIpc) is 3.02. The van der Waals surface area contributed by atoms with Gasteiger partial charge in [-0.3, -0.25) is 4.79 Å². The van der Waals surface area contributed by atoms with E-state index in [-0.39, 0.29) is 18.0 Å². The van der Waals surface area contributed by atoms with E-state index in [0.29, 0.717) is 50.6 Å². The summed E-state index contributed by atoms with van der Waals surface area (Å²) in [5.74, 6) is -0.190. The molecule has 1 aliphatic heterocycles. The molecule has 142 valence electrons. The number of benzene rings is 1. The van der Waals surface area contributed by atoms with Gasteiger partial charge in [-0.1, -0.05) is 0 Å². The maximum absolute atomic E-state index is 12.0. The first-order valence-corrected chi connectivity index (χ1v) is 8.46. The molecule has 0 saturated carbocycles. The Bertz CT molecular complexity index is 665. The highest BCUT2D eigenvalue weighted by Gasteiger charge is 2.18. The number of anilines is 1. The minimum Gasteiger partial charge on any atom is -0.383 e. The van der Waals surface area contributed by atoms with E-state index in [4.69, 9.17) is 4.74 Å². The van der Waals surface area contributed by atoms with Crippen molar-refractivity contribution in [2.75, 3.05) is 51.8 Å². The van der Waals surface area contributed by atoms with E-state index in [9.17, 15) is 14.4 Å². The van der Waals surface area contributed by atoms with Crippen LogP contribution < -0.4 is 21.3 Å². The first-order chi connectivity index (χ1) is 12.5. The summed E-state index contributed by atoms with van der Waals surface area (Å²) in [5, 5.41) is 10.9. The number of aryl methyl sites for hydroxylation is 1. The molecule has 0 aliphatic carbocycles. The molecule has 1 aliphatic rings. The summed E-state index contributed by atoms with van der Waals surface area (Å²) in [5.41, 5.74) is 1.91. The zero-order chi connectivity index (χ0) is 18.9. The van der Waals surface area contributed by atoms with E-state index in [0.717, 1.165) is 5.56 Å². The van der Waals surface area contributed by atoms with Gasteiger partial charge in [0.1, 0.15) is 0 Å². The Morgan fingerprint density at radius 2 is 2.08 bits per heavy atom. The minimum atomic E-state index is -0.356. The van der Waals surface area contributed by atoms with Gasteiger partial charge < -0.3 is 30.9 Å². The zero-order valence-corrected chi connectivity index (χ0v) is 15.1. The fourth-order valence-electron chi connectivity index (χ4n) is 2.51. The minimum absolute atomic E-state index is 0.109. The predicted octanol–water partition coefficient (Wildman–Crippen LogP) is 0.518. The van der Waals surface area contributed by atoms with Crippen molar-refractivity contribution < 1.29 is 19.1 Å². The van der Waals surface area contributed by atoms with Crippen molar-refractivity contribution in [2.45, 2.75) is 6.92 Å². The summed E-state index contributed by atoms with van der Waals surface area (Å²) >= 11 is 0. The summed E-state index contributed by atoms with van der Waals surface area (Å²) in [6.07, 6.45) is 0. The maximum atomic E-state index is 12.0. The van der Waals surface area contributed by atoms with Gasteiger partial charge in [-0.15, -0.1) is 0 Å². The van der Waals surface area contributed by atoms with Crippen LogP contribution >= 0.6 is 0 Å². The number of urea groups is 2. The molecule has 1 aromatic carbocycles. The predicted molar refractivity (Wildman–Crippen MR) is 97.4 cm³/mol. The van der Waals surface area contributed by atoms with Crippen molar-refractivity contribution in [2.24, 2.45) is 0 Å². The number of carbonyl (C=O) groups is 3. The van der Waals surface area contributed by atoms with Gasteiger partial charge in [0.15, 0.2) is 0 Å². The van der Waals surface area contributed by atoms with Gasteiger partial charge in [-0.05, 0) is 30.7 Å². The monoisotopic (exact) mass is 363 g/mol. The fraction of sp³-hybridized carbons (Fsp3) is 0.471. The second-order valence-electron chi connectivity index (χ2n) is 5.88. The lowest BCUT2D eigenvalue weighted by Crippen LogP contribution is -2.38. The molecule has 0 radical (unpaired) electrons. The molecule has 5 amide bonds. The Hall–Kier alpha value is -2.81. The van der Waals surface area contributed by atoms with Crippen molar-refractivity contribution in [3.05, 3.63) is 29.3 Å².